The average molecular weight is 456 g/mol. The molecule has 2 aliphatic rings. The van der Waals surface area contributed by atoms with Crippen LogP contribution in [0.4, 0.5) is 5.82 Å². The Balaban J connectivity index is 1.44. The number of aromatic nitrogens is 3. The summed E-state index contributed by atoms with van der Waals surface area (Å²) in [5.41, 5.74) is 0.352. The van der Waals surface area contributed by atoms with Crippen molar-refractivity contribution in [1.82, 2.24) is 24.6 Å². The molecule has 3 heterocycles. The second-order valence-electron chi connectivity index (χ2n) is 8.43. The van der Waals surface area contributed by atoms with Crippen LogP contribution in [0.5, 0.6) is 0 Å². The highest BCUT2D eigenvalue weighted by Gasteiger charge is 2.46. The first-order valence-corrected chi connectivity index (χ1v) is 12.1. The van der Waals surface area contributed by atoms with Crippen LogP contribution in [0.15, 0.2) is 29.4 Å². The van der Waals surface area contributed by atoms with Crippen LogP contribution in [0, 0.1) is 11.3 Å². The summed E-state index contributed by atoms with van der Waals surface area (Å²) in [5.74, 6) is 0.796. The van der Waals surface area contributed by atoms with Gasteiger partial charge in [0.25, 0.3) is 0 Å². The number of hydrogen-bond acceptors (Lipinski definition) is 8. The first-order valence-electron chi connectivity index (χ1n) is 10.6. The predicted octanol–water partition coefficient (Wildman–Crippen LogP) is 1.21. The van der Waals surface area contributed by atoms with Gasteiger partial charge in [-0.1, -0.05) is 6.07 Å². The van der Waals surface area contributed by atoms with E-state index in [0.717, 1.165) is 56.0 Å². The molecule has 1 saturated carbocycles. The maximum atomic E-state index is 12.8. The van der Waals surface area contributed by atoms with Gasteiger partial charge >= 0.3 is 0 Å². The molecular formula is C21H25N7O3S. The third-order valence-corrected chi connectivity index (χ3v) is 7.70. The summed E-state index contributed by atoms with van der Waals surface area (Å²) in [6.07, 6.45) is 2.58. The Bertz CT molecular complexity index is 1300. The summed E-state index contributed by atoms with van der Waals surface area (Å²) in [4.78, 5) is 16.7. The van der Waals surface area contributed by atoms with Crippen LogP contribution in [0.3, 0.4) is 0 Å². The van der Waals surface area contributed by atoms with E-state index in [4.69, 9.17) is 4.74 Å². The summed E-state index contributed by atoms with van der Waals surface area (Å²) >= 11 is 0. The third-order valence-electron chi connectivity index (χ3n) is 6.16. The standard InChI is InChI=1S/C21H25N7O3S/c1-27(6-7-28-8-10-31-11-9-28)20-18-16-3-2-15(12-17(16)25-19(18)23-14-24-20)32(29,30)26-21(13-22)4-5-21/h2-3,12,14,26H,4-11H2,1H3,(H,23,24,25). The predicted molar refractivity (Wildman–Crippen MR) is 120 cm³/mol. The lowest BCUT2D eigenvalue weighted by Gasteiger charge is -2.29. The molecule has 5 rings (SSSR count). The van der Waals surface area contributed by atoms with Gasteiger partial charge in [0, 0.05) is 44.1 Å². The molecule has 1 aliphatic heterocycles. The number of ether oxygens (including phenoxy) is 1. The number of likely N-dealkylation sites (N-methyl/N-ethyl adjacent to an activating group) is 1. The number of benzene rings is 1. The summed E-state index contributed by atoms with van der Waals surface area (Å²) < 4.78 is 33.5. The van der Waals surface area contributed by atoms with Gasteiger partial charge in [0.2, 0.25) is 10.0 Å². The van der Waals surface area contributed by atoms with E-state index in [2.05, 4.69) is 35.5 Å². The number of H-pyrrole nitrogens is 1. The van der Waals surface area contributed by atoms with Gasteiger partial charge in [-0.2, -0.15) is 9.98 Å². The molecule has 0 atom stereocenters. The van der Waals surface area contributed by atoms with Gasteiger partial charge in [-0.3, -0.25) is 4.90 Å². The molecule has 0 amide bonds. The molecule has 32 heavy (non-hydrogen) atoms. The van der Waals surface area contributed by atoms with Crippen LogP contribution in [0.2, 0.25) is 0 Å². The second kappa shape index (κ2) is 7.97. The number of aromatic amines is 1. The monoisotopic (exact) mass is 455 g/mol. The molecule has 1 aliphatic carbocycles. The summed E-state index contributed by atoms with van der Waals surface area (Å²) in [6, 6.07) is 6.99. The van der Waals surface area contributed by atoms with Gasteiger partial charge in [-0.25, -0.2) is 18.4 Å². The molecule has 2 fully saturated rings. The molecule has 2 N–H and O–H groups in total. The van der Waals surface area contributed by atoms with Gasteiger partial charge in [-0.15, -0.1) is 0 Å². The minimum Gasteiger partial charge on any atom is -0.379 e. The van der Waals surface area contributed by atoms with E-state index >= 15 is 0 Å². The molecule has 0 unspecified atom stereocenters. The molecule has 0 radical (unpaired) electrons. The normalized spacial score (nSPS) is 18.6. The highest BCUT2D eigenvalue weighted by atomic mass is 32.2. The maximum Gasteiger partial charge on any atom is 0.242 e. The Morgan fingerprint density at radius 3 is 2.81 bits per heavy atom. The van der Waals surface area contributed by atoms with Crippen LogP contribution < -0.4 is 9.62 Å². The van der Waals surface area contributed by atoms with Crippen molar-refractivity contribution in [3.63, 3.8) is 0 Å². The largest absolute Gasteiger partial charge is 0.379 e. The number of anilines is 1. The van der Waals surface area contributed by atoms with Crippen molar-refractivity contribution in [3.8, 4) is 6.07 Å². The fourth-order valence-corrected chi connectivity index (χ4v) is 5.45. The molecular weight excluding hydrogens is 430 g/mol. The zero-order valence-corrected chi connectivity index (χ0v) is 18.7. The zero-order chi connectivity index (χ0) is 22.3. The highest BCUT2D eigenvalue weighted by Crippen LogP contribution is 2.37. The maximum absolute atomic E-state index is 12.8. The summed E-state index contributed by atoms with van der Waals surface area (Å²) in [5, 5.41) is 10.9. The third kappa shape index (κ3) is 3.91. The molecule has 2 aromatic heterocycles. The Morgan fingerprint density at radius 1 is 1.31 bits per heavy atom. The first-order chi connectivity index (χ1) is 15.4. The number of nitrogens with one attached hydrogen (secondary N) is 2. The van der Waals surface area contributed by atoms with Crippen molar-refractivity contribution >= 4 is 37.8 Å². The van der Waals surface area contributed by atoms with Gasteiger partial charge in [0.15, 0.2) is 0 Å². The van der Waals surface area contributed by atoms with E-state index in [0.29, 0.717) is 24.0 Å². The topological polar surface area (TPSA) is 127 Å². The minimum absolute atomic E-state index is 0.119. The van der Waals surface area contributed by atoms with Crippen molar-refractivity contribution in [2.24, 2.45) is 0 Å². The Labute approximate surface area is 186 Å². The molecule has 0 bridgehead atoms. The van der Waals surface area contributed by atoms with E-state index in [1.165, 1.54) is 6.33 Å². The van der Waals surface area contributed by atoms with Crippen molar-refractivity contribution in [2.75, 3.05) is 51.3 Å². The molecule has 3 aromatic rings. The number of morpholine rings is 1. The smallest absolute Gasteiger partial charge is 0.242 e. The van der Waals surface area contributed by atoms with Gasteiger partial charge < -0.3 is 14.6 Å². The van der Waals surface area contributed by atoms with Crippen molar-refractivity contribution in [2.45, 2.75) is 23.3 Å². The van der Waals surface area contributed by atoms with Crippen molar-refractivity contribution in [1.29, 1.82) is 5.26 Å². The number of fused-ring (bicyclic) bond motifs is 3. The van der Waals surface area contributed by atoms with Crippen molar-refractivity contribution in [3.05, 3.63) is 24.5 Å². The zero-order valence-electron chi connectivity index (χ0n) is 17.8. The highest BCUT2D eigenvalue weighted by molar-refractivity contribution is 7.89. The molecule has 1 saturated heterocycles. The number of nitrogens with zero attached hydrogens (tertiary/aromatic N) is 5. The van der Waals surface area contributed by atoms with Gasteiger partial charge in [0.1, 0.15) is 23.3 Å². The van der Waals surface area contributed by atoms with E-state index in [1.807, 2.05) is 7.05 Å². The molecule has 11 heteroatoms. The van der Waals surface area contributed by atoms with Crippen LogP contribution in [-0.4, -0.2) is 80.2 Å². The lowest BCUT2D eigenvalue weighted by atomic mass is 10.2. The lowest BCUT2D eigenvalue weighted by Crippen LogP contribution is -2.40. The Morgan fingerprint density at radius 2 is 2.09 bits per heavy atom. The number of sulfonamides is 1. The fraction of sp³-hybridized carbons (Fsp3) is 0.476. The van der Waals surface area contributed by atoms with Crippen molar-refractivity contribution < 1.29 is 13.2 Å². The minimum atomic E-state index is -3.80. The van der Waals surface area contributed by atoms with Crippen LogP contribution >= 0.6 is 0 Å². The summed E-state index contributed by atoms with van der Waals surface area (Å²) in [6.45, 7) is 5.09. The number of nitriles is 1. The van der Waals surface area contributed by atoms with E-state index in [-0.39, 0.29) is 4.90 Å². The second-order valence-corrected chi connectivity index (χ2v) is 10.1. The average Bonchev–Trinajstić information content (AvgIpc) is 3.46. The molecule has 168 valence electrons. The van der Waals surface area contributed by atoms with Crippen LogP contribution in [-0.2, 0) is 14.8 Å². The molecule has 0 spiro atoms. The van der Waals surface area contributed by atoms with Crippen LogP contribution in [0.25, 0.3) is 21.9 Å². The molecule has 10 nitrogen and oxygen atoms in total. The number of hydrogen-bond donors (Lipinski definition) is 2. The SMILES string of the molecule is CN(CCN1CCOCC1)c1ncnc2[nH]c3cc(S(=O)(=O)NC4(C#N)CC4)ccc3c12. The van der Waals surface area contributed by atoms with Gasteiger partial charge in [0.05, 0.1) is 29.6 Å². The van der Waals surface area contributed by atoms with E-state index < -0.39 is 15.6 Å². The van der Waals surface area contributed by atoms with Gasteiger partial charge in [-0.05, 0) is 25.0 Å². The number of rotatable bonds is 7. The van der Waals surface area contributed by atoms with E-state index in [1.54, 1.807) is 18.2 Å². The Hall–Kier alpha value is -2.78. The van der Waals surface area contributed by atoms with E-state index in [9.17, 15) is 13.7 Å². The lowest BCUT2D eigenvalue weighted by molar-refractivity contribution is 0.0393. The fourth-order valence-electron chi connectivity index (χ4n) is 4.05. The first kappa shape index (κ1) is 21.1. The summed E-state index contributed by atoms with van der Waals surface area (Å²) in [7, 11) is -1.80. The quantitative estimate of drug-likeness (QED) is 0.544. The molecule has 1 aromatic carbocycles. The van der Waals surface area contributed by atoms with Crippen LogP contribution in [0.1, 0.15) is 12.8 Å². The Kier molecular flexibility index (Phi) is 5.25.